The van der Waals surface area contributed by atoms with Crippen LogP contribution in [0.1, 0.15) is 18.2 Å². The van der Waals surface area contributed by atoms with Crippen LogP contribution in [0.4, 0.5) is 4.39 Å². The van der Waals surface area contributed by atoms with Crippen molar-refractivity contribution in [3.63, 3.8) is 0 Å². The lowest BCUT2D eigenvalue weighted by atomic mass is 9.93. The molecule has 0 radical (unpaired) electrons. The molecule has 4 heteroatoms. The highest BCUT2D eigenvalue weighted by molar-refractivity contribution is 5.78. The Morgan fingerprint density at radius 3 is 2.48 bits per heavy atom. The van der Waals surface area contributed by atoms with Gasteiger partial charge < -0.3 is 14.3 Å². The molecule has 0 bridgehead atoms. The fourth-order valence-electron chi connectivity index (χ4n) is 2.31. The number of methoxy groups -OCH3 is 1. The number of aliphatic hydroxyl groups is 1. The van der Waals surface area contributed by atoms with Crippen LogP contribution in [-0.4, -0.2) is 12.2 Å². The minimum atomic E-state index is -1.30. The lowest BCUT2D eigenvalue weighted by molar-refractivity contribution is 0.0786. The van der Waals surface area contributed by atoms with Gasteiger partial charge in [-0.2, -0.15) is 0 Å². The van der Waals surface area contributed by atoms with Crippen molar-refractivity contribution in [2.24, 2.45) is 0 Å². The van der Waals surface area contributed by atoms with Crippen LogP contribution in [0.5, 0.6) is 5.75 Å². The maximum absolute atomic E-state index is 13.2. The van der Waals surface area contributed by atoms with E-state index in [0.29, 0.717) is 28.0 Å². The number of ether oxygens (including phenoxy) is 1. The average Bonchev–Trinajstić information content (AvgIpc) is 2.91. The van der Waals surface area contributed by atoms with Crippen molar-refractivity contribution >= 4 is 11.0 Å². The van der Waals surface area contributed by atoms with Crippen LogP contribution in [0.25, 0.3) is 11.0 Å². The summed E-state index contributed by atoms with van der Waals surface area (Å²) in [6, 6.07) is 13.0. The highest BCUT2D eigenvalue weighted by atomic mass is 19.1. The van der Waals surface area contributed by atoms with Crippen LogP contribution in [0, 0.1) is 5.82 Å². The largest absolute Gasteiger partial charge is 0.497 e. The molecular weight excluding hydrogens is 271 g/mol. The van der Waals surface area contributed by atoms with Gasteiger partial charge in [0, 0.05) is 5.39 Å². The quantitative estimate of drug-likeness (QED) is 0.795. The summed E-state index contributed by atoms with van der Waals surface area (Å²) in [7, 11) is 1.58. The fraction of sp³-hybridized carbons (Fsp3) is 0.176. The summed E-state index contributed by atoms with van der Waals surface area (Å²) < 4.78 is 24.0. The zero-order valence-corrected chi connectivity index (χ0v) is 11.8. The molecule has 1 N–H and O–H groups in total. The van der Waals surface area contributed by atoms with E-state index in [-0.39, 0.29) is 5.82 Å². The molecule has 3 aromatic rings. The maximum Gasteiger partial charge on any atom is 0.144 e. The fourth-order valence-corrected chi connectivity index (χ4v) is 2.31. The Kier molecular flexibility index (Phi) is 3.18. The number of furan rings is 1. The summed E-state index contributed by atoms with van der Waals surface area (Å²) in [5.41, 5.74) is -0.0927. The second kappa shape index (κ2) is 4.90. The predicted octanol–water partition coefficient (Wildman–Crippen LogP) is 3.84. The van der Waals surface area contributed by atoms with Crippen molar-refractivity contribution in [1.29, 1.82) is 0 Å². The van der Waals surface area contributed by atoms with Crippen LogP contribution in [0.3, 0.4) is 0 Å². The van der Waals surface area contributed by atoms with E-state index >= 15 is 0 Å². The molecule has 21 heavy (non-hydrogen) atoms. The number of hydrogen-bond donors (Lipinski definition) is 1. The monoisotopic (exact) mass is 286 g/mol. The van der Waals surface area contributed by atoms with Gasteiger partial charge in [-0.05, 0) is 48.9 Å². The van der Waals surface area contributed by atoms with Gasteiger partial charge in [-0.25, -0.2) is 4.39 Å². The molecule has 108 valence electrons. The Balaban J connectivity index is 2.05. The van der Waals surface area contributed by atoms with Gasteiger partial charge in [-0.15, -0.1) is 0 Å². The topological polar surface area (TPSA) is 42.6 Å². The second-order valence-electron chi connectivity index (χ2n) is 5.09. The first kappa shape index (κ1) is 13.6. The van der Waals surface area contributed by atoms with Crippen molar-refractivity contribution in [3.8, 4) is 5.75 Å². The first-order valence-corrected chi connectivity index (χ1v) is 6.57. The summed E-state index contributed by atoms with van der Waals surface area (Å²) in [5, 5.41) is 11.4. The van der Waals surface area contributed by atoms with Gasteiger partial charge in [-0.3, -0.25) is 0 Å². The van der Waals surface area contributed by atoms with Gasteiger partial charge in [-0.1, -0.05) is 12.1 Å². The molecule has 3 rings (SSSR count). The number of fused-ring (bicyclic) bond motifs is 1. The molecule has 0 aliphatic heterocycles. The summed E-state index contributed by atoms with van der Waals surface area (Å²) >= 11 is 0. The average molecular weight is 286 g/mol. The third-order valence-electron chi connectivity index (χ3n) is 3.61. The molecule has 1 unspecified atom stereocenters. The van der Waals surface area contributed by atoms with Crippen molar-refractivity contribution in [2.75, 3.05) is 7.11 Å². The Hall–Kier alpha value is -2.33. The smallest absolute Gasteiger partial charge is 0.144 e. The molecule has 3 nitrogen and oxygen atoms in total. The molecule has 0 amide bonds. The molecule has 0 aliphatic carbocycles. The second-order valence-corrected chi connectivity index (χ2v) is 5.09. The Morgan fingerprint density at radius 1 is 1.10 bits per heavy atom. The van der Waals surface area contributed by atoms with E-state index in [0.717, 1.165) is 0 Å². The summed E-state index contributed by atoms with van der Waals surface area (Å²) in [4.78, 5) is 0. The molecule has 2 aromatic carbocycles. The molecule has 0 aliphatic rings. The molecule has 0 spiro atoms. The lowest BCUT2D eigenvalue weighted by Gasteiger charge is -2.21. The summed E-state index contributed by atoms with van der Waals surface area (Å²) in [5.74, 6) is 0.744. The third kappa shape index (κ3) is 2.38. The molecule has 1 atom stereocenters. The van der Waals surface area contributed by atoms with Gasteiger partial charge in [0.25, 0.3) is 0 Å². The molecule has 0 fully saturated rings. The van der Waals surface area contributed by atoms with Crippen LogP contribution >= 0.6 is 0 Å². The zero-order chi connectivity index (χ0) is 15.0. The number of rotatable bonds is 3. The summed E-state index contributed by atoms with van der Waals surface area (Å²) in [6.07, 6.45) is 0. The molecule has 0 saturated carbocycles. The Labute approximate surface area is 121 Å². The van der Waals surface area contributed by atoms with E-state index in [1.807, 2.05) is 0 Å². The number of halogens is 1. The van der Waals surface area contributed by atoms with E-state index in [1.165, 1.54) is 12.1 Å². The number of hydrogen-bond acceptors (Lipinski definition) is 3. The van der Waals surface area contributed by atoms with Gasteiger partial charge in [0.1, 0.15) is 28.5 Å². The Morgan fingerprint density at radius 2 is 1.81 bits per heavy atom. The van der Waals surface area contributed by atoms with E-state index < -0.39 is 5.60 Å². The maximum atomic E-state index is 13.2. The third-order valence-corrected chi connectivity index (χ3v) is 3.61. The van der Waals surface area contributed by atoms with Gasteiger partial charge in [0.05, 0.1) is 7.11 Å². The van der Waals surface area contributed by atoms with Crippen molar-refractivity contribution < 1.29 is 18.7 Å². The van der Waals surface area contributed by atoms with Crippen LogP contribution < -0.4 is 4.74 Å². The van der Waals surface area contributed by atoms with E-state index in [2.05, 4.69) is 0 Å². The first-order valence-electron chi connectivity index (χ1n) is 6.57. The lowest BCUT2D eigenvalue weighted by Crippen LogP contribution is -2.21. The highest BCUT2D eigenvalue weighted by Crippen LogP contribution is 2.34. The van der Waals surface area contributed by atoms with E-state index in [4.69, 9.17) is 9.15 Å². The minimum absolute atomic E-state index is 0.334. The van der Waals surface area contributed by atoms with Crippen LogP contribution in [0.15, 0.2) is 52.9 Å². The SMILES string of the molecule is COc1ccc(C(C)(O)c2cc3cc(F)ccc3o2)cc1. The van der Waals surface area contributed by atoms with Crippen molar-refractivity contribution in [2.45, 2.75) is 12.5 Å². The van der Waals surface area contributed by atoms with E-state index in [9.17, 15) is 9.50 Å². The molecular formula is C17H15FO3. The van der Waals surface area contributed by atoms with Gasteiger partial charge >= 0.3 is 0 Å². The Bertz CT molecular complexity index is 772. The van der Waals surface area contributed by atoms with Gasteiger partial charge in [0.2, 0.25) is 0 Å². The van der Waals surface area contributed by atoms with Crippen molar-refractivity contribution in [3.05, 3.63) is 65.7 Å². The van der Waals surface area contributed by atoms with Crippen molar-refractivity contribution in [1.82, 2.24) is 0 Å². The van der Waals surface area contributed by atoms with Crippen LogP contribution in [0.2, 0.25) is 0 Å². The minimum Gasteiger partial charge on any atom is -0.497 e. The van der Waals surface area contributed by atoms with Crippen LogP contribution in [-0.2, 0) is 5.60 Å². The first-order chi connectivity index (χ1) is 10.0. The number of benzene rings is 2. The van der Waals surface area contributed by atoms with E-state index in [1.54, 1.807) is 50.4 Å². The zero-order valence-electron chi connectivity index (χ0n) is 11.8. The van der Waals surface area contributed by atoms with Gasteiger partial charge in [0.15, 0.2) is 0 Å². The molecule has 0 saturated heterocycles. The summed E-state index contributed by atoms with van der Waals surface area (Å²) in [6.45, 7) is 1.64. The normalized spacial score (nSPS) is 14.1. The highest BCUT2D eigenvalue weighted by Gasteiger charge is 2.29. The standard InChI is InChI=1S/C17H15FO3/c1-17(19,12-3-6-14(20-2)7-4-12)16-10-11-9-13(18)5-8-15(11)21-16/h3-10,19H,1-2H3. The molecule has 1 heterocycles. The predicted molar refractivity (Wildman–Crippen MR) is 77.8 cm³/mol. The molecule has 1 aromatic heterocycles.